The number of carbonyl (C=O) groups excluding carboxylic acids is 3. The van der Waals surface area contributed by atoms with Crippen molar-refractivity contribution in [1.82, 2.24) is 0 Å². The number of esters is 3. The number of cyclic esters (lactones) is 1. The molecule has 1 aromatic carbocycles. The van der Waals surface area contributed by atoms with Gasteiger partial charge in [0.05, 0.1) is 13.2 Å². The van der Waals surface area contributed by atoms with Crippen LogP contribution >= 0.6 is 0 Å². The number of rotatable bonds is 4. The Balaban J connectivity index is 2.42. The number of carbonyl (C=O) groups is 3. The van der Waals surface area contributed by atoms with Crippen molar-refractivity contribution in [1.29, 1.82) is 0 Å². The van der Waals surface area contributed by atoms with Gasteiger partial charge in [-0.2, -0.15) is 0 Å². The predicted molar refractivity (Wildman–Crippen MR) is 99.8 cm³/mol. The zero-order chi connectivity index (χ0) is 20.6. The van der Waals surface area contributed by atoms with Crippen LogP contribution in [-0.2, 0) is 34.0 Å². The Morgan fingerprint density at radius 2 is 1.68 bits per heavy atom. The molecule has 2 aliphatic rings. The Bertz CT molecular complexity index is 932. The number of benzene rings is 1. The zero-order valence-electron chi connectivity index (χ0n) is 16.2. The number of nitrogens with two attached hydrogens (primary N) is 1. The number of nitrogens with zero attached hydrogens (tertiary/aromatic N) is 1. The third kappa shape index (κ3) is 2.48. The third-order valence-electron chi connectivity index (χ3n) is 4.90. The molecule has 28 heavy (non-hydrogen) atoms. The molecule has 0 aromatic heterocycles. The molecule has 0 amide bonds. The van der Waals surface area contributed by atoms with Crippen molar-refractivity contribution < 1.29 is 28.6 Å². The maximum atomic E-state index is 13.2. The van der Waals surface area contributed by atoms with Gasteiger partial charge in [-0.25, -0.2) is 14.4 Å². The Kier molecular flexibility index (Phi) is 4.89. The van der Waals surface area contributed by atoms with Gasteiger partial charge in [-0.3, -0.25) is 0 Å². The zero-order valence-corrected chi connectivity index (χ0v) is 16.2. The molecule has 1 spiro atoms. The van der Waals surface area contributed by atoms with E-state index in [0.717, 1.165) is 0 Å². The fourth-order valence-corrected chi connectivity index (χ4v) is 3.77. The standard InChI is InChI=1S/C20H22N2O6/c1-5-26-17(23)14-11(3)28-19(25)20(14)12-9-7-8-10-13(12)22(4)16(21)15(20)18(24)27-6-2/h7-10H,5-6,21H2,1-4H3. The van der Waals surface area contributed by atoms with Crippen LogP contribution in [0.25, 0.3) is 0 Å². The van der Waals surface area contributed by atoms with Crippen LogP contribution in [-0.4, -0.2) is 38.2 Å². The Labute approximate surface area is 162 Å². The summed E-state index contributed by atoms with van der Waals surface area (Å²) in [5.74, 6) is -2.27. The van der Waals surface area contributed by atoms with Crippen molar-refractivity contribution >= 4 is 23.6 Å². The highest BCUT2D eigenvalue weighted by Gasteiger charge is 2.63. The molecule has 8 heteroatoms. The molecule has 0 saturated carbocycles. The van der Waals surface area contributed by atoms with Crippen LogP contribution in [0.15, 0.2) is 47.0 Å². The molecule has 1 atom stereocenters. The van der Waals surface area contributed by atoms with Crippen LogP contribution in [0.4, 0.5) is 5.69 Å². The molecule has 0 fully saturated rings. The number of allylic oxidation sites excluding steroid dienone is 1. The maximum Gasteiger partial charge on any atom is 0.339 e. The van der Waals surface area contributed by atoms with Gasteiger partial charge in [-0.1, -0.05) is 18.2 Å². The van der Waals surface area contributed by atoms with Gasteiger partial charge in [0.15, 0.2) is 5.41 Å². The molecule has 0 bridgehead atoms. The van der Waals surface area contributed by atoms with Gasteiger partial charge in [-0.15, -0.1) is 0 Å². The van der Waals surface area contributed by atoms with Crippen molar-refractivity contribution in [2.75, 3.05) is 25.2 Å². The molecule has 8 nitrogen and oxygen atoms in total. The fraction of sp³-hybridized carbons (Fsp3) is 0.350. The van der Waals surface area contributed by atoms with Crippen molar-refractivity contribution in [3.8, 4) is 0 Å². The number of hydrogen-bond acceptors (Lipinski definition) is 8. The Morgan fingerprint density at radius 1 is 1.11 bits per heavy atom. The summed E-state index contributed by atoms with van der Waals surface area (Å²) in [5, 5.41) is 0. The first-order valence-electron chi connectivity index (χ1n) is 8.93. The number of fused-ring (bicyclic) bond motifs is 2. The van der Waals surface area contributed by atoms with E-state index in [1.807, 2.05) is 0 Å². The third-order valence-corrected chi connectivity index (χ3v) is 4.90. The van der Waals surface area contributed by atoms with E-state index < -0.39 is 23.3 Å². The highest BCUT2D eigenvalue weighted by atomic mass is 16.6. The normalized spacial score (nSPS) is 21.0. The first-order valence-corrected chi connectivity index (χ1v) is 8.93. The summed E-state index contributed by atoms with van der Waals surface area (Å²) in [7, 11) is 1.67. The lowest BCUT2D eigenvalue weighted by Gasteiger charge is -2.39. The Morgan fingerprint density at radius 3 is 2.29 bits per heavy atom. The van der Waals surface area contributed by atoms with Crippen molar-refractivity contribution in [2.45, 2.75) is 26.2 Å². The maximum absolute atomic E-state index is 13.2. The van der Waals surface area contributed by atoms with E-state index >= 15 is 0 Å². The van der Waals surface area contributed by atoms with Crippen LogP contribution in [0.5, 0.6) is 0 Å². The molecular formula is C20H22N2O6. The second kappa shape index (κ2) is 7.03. The first-order chi connectivity index (χ1) is 13.3. The molecule has 0 radical (unpaired) electrons. The summed E-state index contributed by atoms with van der Waals surface area (Å²) in [6.45, 7) is 4.94. The van der Waals surface area contributed by atoms with Crippen LogP contribution in [0.3, 0.4) is 0 Å². The lowest BCUT2D eigenvalue weighted by Crippen LogP contribution is -2.50. The van der Waals surface area contributed by atoms with Crippen molar-refractivity contribution in [2.24, 2.45) is 5.73 Å². The monoisotopic (exact) mass is 386 g/mol. The summed E-state index contributed by atoms with van der Waals surface area (Å²) in [6, 6.07) is 6.89. The van der Waals surface area contributed by atoms with Crippen LogP contribution in [0.1, 0.15) is 26.3 Å². The minimum absolute atomic E-state index is 0.00518. The molecule has 0 saturated heterocycles. The highest BCUT2D eigenvalue weighted by Crippen LogP contribution is 2.53. The van der Waals surface area contributed by atoms with Gasteiger partial charge < -0.3 is 24.8 Å². The summed E-state index contributed by atoms with van der Waals surface area (Å²) >= 11 is 0. The van der Waals surface area contributed by atoms with Gasteiger partial charge in [0.25, 0.3) is 0 Å². The first kappa shape index (κ1) is 19.5. The van der Waals surface area contributed by atoms with Crippen LogP contribution < -0.4 is 10.6 Å². The van der Waals surface area contributed by atoms with E-state index in [4.69, 9.17) is 19.9 Å². The summed E-state index contributed by atoms with van der Waals surface area (Å²) in [6.07, 6.45) is 0. The largest absolute Gasteiger partial charge is 0.462 e. The smallest absolute Gasteiger partial charge is 0.339 e. The average Bonchev–Trinajstić information content (AvgIpc) is 2.91. The van der Waals surface area contributed by atoms with E-state index in [1.54, 1.807) is 50.1 Å². The van der Waals surface area contributed by atoms with Gasteiger partial charge >= 0.3 is 17.9 Å². The molecular weight excluding hydrogens is 364 g/mol. The summed E-state index contributed by atoms with van der Waals surface area (Å²) in [5.41, 5.74) is 5.19. The average molecular weight is 386 g/mol. The summed E-state index contributed by atoms with van der Waals surface area (Å²) in [4.78, 5) is 40.6. The molecule has 3 rings (SSSR count). The molecule has 1 unspecified atom stereocenters. The van der Waals surface area contributed by atoms with Gasteiger partial charge in [0.1, 0.15) is 22.7 Å². The molecule has 2 N–H and O–H groups in total. The number of hydrogen-bond donors (Lipinski definition) is 1. The molecule has 0 aliphatic carbocycles. The SMILES string of the molecule is CCOC(=O)C1=C(C)OC(=O)C12C(C(=O)OCC)=C(N)N(C)c1ccccc12. The second-order valence-electron chi connectivity index (χ2n) is 6.35. The van der Waals surface area contributed by atoms with E-state index in [9.17, 15) is 14.4 Å². The highest BCUT2D eigenvalue weighted by molar-refractivity contribution is 6.16. The lowest BCUT2D eigenvalue weighted by molar-refractivity contribution is -0.147. The van der Waals surface area contributed by atoms with Gasteiger partial charge in [-0.05, 0) is 26.8 Å². The Hall–Kier alpha value is -3.29. The topological polar surface area (TPSA) is 108 Å². The molecule has 2 aliphatic heterocycles. The van der Waals surface area contributed by atoms with Crippen molar-refractivity contribution in [3.05, 3.63) is 52.6 Å². The minimum atomic E-state index is -1.85. The molecule has 1 aromatic rings. The predicted octanol–water partition coefficient (Wildman–Crippen LogP) is 1.50. The number of ether oxygens (including phenoxy) is 3. The quantitative estimate of drug-likeness (QED) is 0.613. The number of anilines is 1. The summed E-state index contributed by atoms with van der Waals surface area (Å²) < 4.78 is 15.7. The van der Waals surface area contributed by atoms with Gasteiger partial charge in [0.2, 0.25) is 0 Å². The molecule has 148 valence electrons. The lowest BCUT2D eigenvalue weighted by atomic mass is 9.66. The van der Waals surface area contributed by atoms with E-state index in [2.05, 4.69) is 0 Å². The fourth-order valence-electron chi connectivity index (χ4n) is 3.77. The number of para-hydroxylation sites is 1. The van der Waals surface area contributed by atoms with E-state index in [0.29, 0.717) is 11.3 Å². The van der Waals surface area contributed by atoms with E-state index in [1.165, 1.54) is 6.92 Å². The van der Waals surface area contributed by atoms with Crippen LogP contribution in [0, 0.1) is 0 Å². The van der Waals surface area contributed by atoms with E-state index in [-0.39, 0.29) is 35.9 Å². The minimum Gasteiger partial charge on any atom is -0.462 e. The van der Waals surface area contributed by atoms with Crippen molar-refractivity contribution in [3.63, 3.8) is 0 Å². The molecule has 2 heterocycles. The van der Waals surface area contributed by atoms with Crippen LogP contribution in [0.2, 0.25) is 0 Å². The second-order valence-corrected chi connectivity index (χ2v) is 6.35. The van der Waals surface area contributed by atoms with Gasteiger partial charge in [0, 0.05) is 18.3 Å².